The Morgan fingerprint density at radius 1 is 1.26 bits per heavy atom. The maximum absolute atomic E-state index is 6.16. The molecule has 8 heteroatoms. The normalized spacial score (nSPS) is 15.4. The number of halogens is 2. The molecule has 0 bridgehead atoms. The highest BCUT2D eigenvalue weighted by Crippen LogP contribution is 2.23. The Labute approximate surface area is 170 Å². The van der Waals surface area contributed by atoms with Gasteiger partial charge in [-0.05, 0) is 37.5 Å². The quantitative estimate of drug-likeness (QED) is 0.600. The van der Waals surface area contributed by atoms with Crippen molar-refractivity contribution in [2.45, 2.75) is 51.7 Å². The Kier molecular flexibility index (Phi) is 6.60. The van der Waals surface area contributed by atoms with Crippen LogP contribution in [0.1, 0.15) is 42.9 Å². The molecule has 0 saturated heterocycles. The fraction of sp³-hybridized carbons (Fsp3) is 0.526. The summed E-state index contributed by atoms with van der Waals surface area (Å²) in [5.74, 6) is 2.60. The molecule has 0 atom stereocenters. The molecule has 1 N–H and O–H groups in total. The van der Waals surface area contributed by atoms with Crippen LogP contribution in [-0.2, 0) is 20.1 Å². The summed E-state index contributed by atoms with van der Waals surface area (Å²) < 4.78 is 1.97. The Hall–Kier alpha value is -1.79. The molecule has 1 fully saturated rings. The second-order valence-electron chi connectivity index (χ2n) is 7.09. The lowest BCUT2D eigenvalue weighted by molar-refractivity contribution is 0.456. The molecule has 0 radical (unpaired) electrons. The number of aryl methyl sites for hydroxylation is 1. The summed E-state index contributed by atoms with van der Waals surface area (Å²) in [6, 6.07) is 6.20. The van der Waals surface area contributed by atoms with E-state index in [1.54, 1.807) is 0 Å². The number of aliphatic imine (C=N–C) groups is 1. The van der Waals surface area contributed by atoms with Gasteiger partial charge in [-0.2, -0.15) is 0 Å². The largest absolute Gasteiger partial charge is 0.353 e. The molecule has 0 spiro atoms. The third kappa shape index (κ3) is 5.14. The van der Waals surface area contributed by atoms with E-state index >= 15 is 0 Å². The molecule has 0 aliphatic heterocycles. The van der Waals surface area contributed by atoms with E-state index in [0.717, 1.165) is 23.2 Å². The number of guanidine groups is 1. The summed E-state index contributed by atoms with van der Waals surface area (Å²) in [4.78, 5) is 6.93. The van der Waals surface area contributed by atoms with Crippen LogP contribution in [0.2, 0.25) is 10.0 Å². The zero-order valence-corrected chi connectivity index (χ0v) is 17.6. The van der Waals surface area contributed by atoms with Crippen molar-refractivity contribution in [3.63, 3.8) is 0 Å². The smallest absolute Gasteiger partial charge is 0.194 e. The minimum absolute atomic E-state index is 0.473. The van der Waals surface area contributed by atoms with Crippen molar-refractivity contribution in [2.24, 2.45) is 12.0 Å². The monoisotopic (exact) mass is 408 g/mol. The molecular formula is C19H26Cl2N6. The van der Waals surface area contributed by atoms with Gasteiger partial charge in [0.05, 0.1) is 10.0 Å². The van der Waals surface area contributed by atoms with Crippen molar-refractivity contribution >= 4 is 29.2 Å². The maximum Gasteiger partial charge on any atom is 0.194 e. The summed E-state index contributed by atoms with van der Waals surface area (Å²) in [7, 11) is 3.99. The molecule has 1 aromatic heterocycles. The van der Waals surface area contributed by atoms with Gasteiger partial charge in [0.1, 0.15) is 12.4 Å². The van der Waals surface area contributed by atoms with E-state index in [4.69, 9.17) is 28.2 Å². The molecule has 6 nitrogen and oxygen atoms in total. The summed E-state index contributed by atoms with van der Waals surface area (Å²) >= 11 is 12.2. The van der Waals surface area contributed by atoms with Crippen molar-refractivity contribution in [2.75, 3.05) is 7.05 Å². The zero-order chi connectivity index (χ0) is 19.4. The van der Waals surface area contributed by atoms with Crippen LogP contribution in [0.25, 0.3) is 0 Å². The van der Waals surface area contributed by atoms with Crippen molar-refractivity contribution < 1.29 is 0 Å². The Balaban J connectivity index is 1.75. The van der Waals surface area contributed by atoms with E-state index in [0.29, 0.717) is 29.2 Å². The van der Waals surface area contributed by atoms with E-state index in [1.807, 2.05) is 43.8 Å². The number of hydrogen-bond acceptors (Lipinski definition) is 3. The number of nitrogens with one attached hydrogen (secondary N) is 1. The van der Waals surface area contributed by atoms with Crippen LogP contribution in [0.15, 0.2) is 23.2 Å². The number of rotatable bonds is 5. The molecule has 27 heavy (non-hydrogen) atoms. The number of benzene rings is 1. The number of nitrogens with zero attached hydrogens (tertiary/aromatic N) is 5. The first kappa shape index (κ1) is 20.0. The zero-order valence-electron chi connectivity index (χ0n) is 16.0. The molecule has 1 aliphatic rings. The van der Waals surface area contributed by atoms with Gasteiger partial charge in [-0.3, -0.25) is 0 Å². The summed E-state index contributed by atoms with van der Waals surface area (Å²) in [5, 5.41) is 13.1. The molecule has 1 aliphatic carbocycles. The van der Waals surface area contributed by atoms with Crippen LogP contribution in [0.5, 0.6) is 0 Å². The van der Waals surface area contributed by atoms with Gasteiger partial charge in [-0.1, -0.05) is 42.1 Å². The third-order valence-corrected chi connectivity index (χ3v) is 5.75. The van der Waals surface area contributed by atoms with Crippen molar-refractivity contribution in [3.05, 3.63) is 45.5 Å². The van der Waals surface area contributed by atoms with Crippen LogP contribution < -0.4 is 5.32 Å². The topological polar surface area (TPSA) is 58.3 Å². The van der Waals surface area contributed by atoms with Crippen LogP contribution in [0.3, 0.4) is 0 Å². The summed E-state index contributed by atoms with van der Waals surface area (Å²) in [6.45, 7) is 3.11. The highest BCUT2D eigenvalue weighted by Gasteiger charge is 2.19. The molecule has 3 rings (SSSR count). The first-order valence-electron chi connectivity index (χ1n) is 9.25. The lowest BCUT2D eigenvalue weighted by Gasteiger charge is -2.25. The predicted molar refractivity (Wildman–Crippen MR) is 110 cm³/mol. The predicted octanol–water partition coefficient (Wildman–Crippen LogP) is 3.95. The van der Waals surface area contributed by atoms with Crippen LogP contribution in [-0.4, -0.2) is 38.7 Å². The number of aromatic nitrogens is 3. The lowest BCUT2D eigenvalue weighted by atomic mass is 10.2. The van der Waals surface area contributed by atoms with Crippen molar-refractivity contribution in [1.29, 1.82) is 0 Å². The molecule has 0 unspecified atom stereocenters. The van der Waals surface area contributed by atoms with Crippen LogP contribution in [0.4, 0.5) is 0 Å². The average Bonchev–Trinajstić information content (AvgIpc) is 3.26. The van der Waals surface area contributed by atoms with E-state index in [-0.39, 0.29) is 0 Å². The Bertz CT molecular complexity index is 811. The van der Waals surface area contributed by atoms with E-state index < -0.39 is 0 Å². The van der Waals surface area contributed by atoms with E-state index in [9.17, 15) is 0 Å². The minimum Gasteiger partial charge on any atom is -0.353 e. The molecule has 0 amide bonds. The van der Waals surface area contributed by atoms with Gasteiger partial charge < -0.3 is 14.8 Å². The van der Waals surface area contributed by atoms with Gasteiger partial charge in [-0.25, -0.2) is 4.99 Å². The van der Waals surface area contributed by atoms with Crippen molar-refractivity contribution in [1.82, 2.24) is 25.0 Å². The fourth-order valence-electron chi connectivity index (χ4n) is 3.25. The second kappa shape index (κ2) is 8.93. The standard InChI is InChI=1S/C19H26Cl2N6/c1-13-24-25-18(27(13)3)11-22-19(23-15-6-4-5-7-15)26(2)12-14-8-9-16(20)17(21)10-14/h8-10,15H,4-7,11-12H2,1-3H3,(H,22,23). The van der Waals surface area contributed by atoms with Crippen LogP contribution >= 0.6 is 23.2 Å². The number of hydrogen-bond donors (Lipinski definition) is 1. The molecule has 146 valence electrons. The first-order valence-corrected chi connectivity index (χ1v) is 10.0. The summed E-state index contributed by atoms with van der Waals surface area (Å²) in [5.41, 5.74) is 1.09. The minimum atomic E-state index is 0.473. The van der Waals surface area contributed by atoms with Gasteiger partial charge in [0.25, 0.3) is 0 Å². The van der Waals surface area contributed by atoms with E-state index in [2.05, 4.69) is 20.4 Å². The third-order valence-electron chi connectivity index (χ3n) is 5.01. The highest BCUT2D eigenvalue weighted by atomic mass is 35.5. The van der Waals surface area contributed by atoms with Gasteiger partial charge in [-0.15, -0.1) is 10.2 Å². The molecule has 1 saturated carbocycles. The SMILES string of the molecule is Cc1nnc(CN=C(NC2CCCC2)N(C)Cc2ccc(Cl)c(Cl)c2)n1C. The molecule has 1 heterocycles. The van der Waals surface area contributed by atoms with Crippen LogP contribution in [0, 0.1) is 6.92 Å². The van der Waals surface area contributed by atoms with Crippen molar-refractivity contribution in [3.8, 4) is 0 Å². The highest BCUT2D eigenvalue weighted by molar-refractivity contribution is 6.42. The molecule has 2 aromatic rings. The fourth-order valence-corrected chi connectivity index (χ4v) is 3.57. The second-order valence-corrected chi connectivity index (χ2v) is 7.91. The first-order chi connectivity index (χ1) is 12.9. The van der Waals surface area contributed by atoms with E-state index in [1.165, 1.54) is 25.7 Å². The van der Waals surface area contributed by atoms with Gasteiger partial charge in [0.15, 0.2) is 11.8 Å². The Morgan fingerprint density at radius 3 is 2.63 bits per heavy atom. The Morgan fingerprint density at radius 2 is 2.00 bits per heavy atom. The van der Waals surface area contributed by atoms with Gasteiger partial charge in [0, 0.05) is 26.7 Å². The maximum atomic E-state index is 6.16. The van der Waals surface area contributed by atoms with Gasteiger partial charge >= 0.3 is 0 Å². The molecule has 1 aromatic carbocycles. The van der Waals surface area contributed by atoms with Gasteiger partial charge in [0.2, 0.25) is 0 Å². The average molecular weight is 409 g/mol. The molecular weight excluding hydrogens is 383 g/mol. The lowest BCUT2D eigenvalue weighted by Crippen LogP contribution is -2.43. The summed E-state index contributed by atoms with van der Waals surface area (Å²) in [6.07, 6.45) is 4.90.